The molecule has 8 heteroatoms. The molecule has 2 aliphatic heterocycles. The lowest BCUT2D eigenvalue weighted by atomic mass is 9.91. The first kappa shape index (κ1) is 16.0. The number of nitrogens with zero attached hydrogens (tertiary/aromatic N) is 1. The average Bonchev–Trinajstić information content (AvgIpc) is 2.89. The van der Waals surface area contributed by atoms with Crippen LogP contribution >= 0.6 is 0 Å². The molecule has 2 saturated heterocycles. The van der Waals surface area contributed by atoms with E-state index in [9.17, 15) is 14.0 Å². The maximum absolute atomic E-state index is 13.2. The van der Waals surface area contributed by atoms with E-state index < -0.39 is 11.6 Å². The van der Waals surface area contributed by atoms with Crippen molar-refractivity contribution in [3.63, 3.8) is 0 Å². The number of nitrogens with one attached hydrogen (secondary N) is 1. The number of halogens is 1. The first-order chi connectivity index (χ1) is 11.9. The maximum Gasteiger partial charge on any atom is 0.410 e. The zero-order valence-electron chi connectivity index (χ0n) is 13.8. The molecular weight excluding hydrogens is 331 g/mol. The van der Waals surface area contributed by atoms with Crippen molar-refractivity contribution >= 4 is 12.2 Å². The molecule has 0 unspecified atom stereocenters. The van der Waals surface area contributed by atoms with Crippen molar-refractivity contribution in [1.29, 1.82) is 0 Å². The van der Waals surface area contributed by atoms with Crippen LogP contribution in [0.15, 0.2) is 18.2 Å². The highest BCUT2D eigenvalue weighted by Gasteiger charge is 2.52. The monoisotopic (exact) mass is 350 g/mol. The summed E-state index contributed by atoms with van der Waals surface area (Å²) in [5.74, 6) is 0.360. The Morgan fingerprint density at radius 1 is 1.36 bits per heavy atom. The molecule has 134 valence electrons. The van der Waals surface area contributed by atoms with Crippen molar-refractivity contribution in [3.05, 3.63) is 29.6 Å². The summed E-state index contributed by atoms with van der Waals surface area (Å²) >= 11 is 0. The van der Waals surface area contributed by atoms with Crippen LogP contribution in [-0.4, -0.2) is 54.5 Å². The van der Waals surface area contributed by atoms with Crippen LogP contribution < -0.4 is 10.1 Å². The third-order valence-electron chi connectivity index (χ3n) is 4.84. The Morgan fingerprint density at radius 3 is 2.76 bits per heavy atom. The lowest BCUT2D eigenvalue weighted by Crippen LogP contribution is -2.70. The predicted molar refractivity (Wildman–Crippen MR) is 83.8 cm³/mol. The molecule has 1 saturated carbocycles. The summed E-state index contributed by atoms with van der Waals surface area (Å²) in [5.41, 5.74) is 0.0939. The summed E-state index contributed by atoms with van der Waals surface area (Å²) in [6, 6.07) is 4.64. The van der Waals surface area contributed by atoms with E-state index in [-0.39, 0.29) is 30.7 Å². The van der Waals surface area contributed by atoms with Crippen molar-refractivity contribution in [2.45, 2.75) is 37.5 Å². The second kappa shape index (κ2) is 5.79. The van der Waals surface area contributed by atoms with Crippen LogP contribution in [0.2, 0.25) is 0 Å². The molecule has 7 nitrogen and oxygen atoms in total. The number of hydrogen-bond donors (Lipinski definition) is 1. The van der Waals surface area contributed by atoms with Crippen LogP contribution in [0.25, 0.3) is 0 Å². The summed E-state index contributed by atoms with van der Waals surface area (Å²) in [4.78, 5) is 24.7. The molecule has 0 atom stereocenters. The Bertz CT molecular complexity index is 713. The fraction of sp³-hybridized carbons (Fsp3) is 0.529. The molecule has 0 bridgehead atoms. The lowest BCUT2D eigenvalue weighted by Gasteiger charge is -2.46. The van der Waals surface area contributed by atoms with E-state index in [0.29, 0.717) is 37.2 Å². The minimum absolute atomic E-state index is 0.0343. The topological polar surface area (TPSA) is 77.1 Å². The molecule has 1 aliphatic carbocycles. The second-order valence-corrected chi connectivity index (χ2v) is 6.97. The predicted octanol–water partition coefficient (Wildman–Crippen LogP) is 1.97. The zero-order valence-corrected chi connectivity index (χ0v) is 13.8. The SMILES string of the molecule is Cc1cc(OC2CC(OC(=O)N3CC4(COC(=O)N4)C3)C2)ccc1F. The first-order valence-corrected chi connectivity index (χ1v) is 8.26. The number of likely N-dealkylation sites (tertiary alicyclic amines) is 1. The van der Waals surface area contributed by atoms with E-state index in [1.807, 2.05) is 0 Å². The van der Waals surface area contributed by atoms with Gasteiger partial charge in [-0.1, -0.05) is 0 Å². The molecule has 0 radical (unpaired) electrons. The average molecular weight is 350 g/mol. The molecule has 2 heterocycles. The van der Waals surface area contributed by atoms with Gasteiger partial charge in [0.15, 0.2) is 0 Å². The fourth-order valence-electron chi connectivity index (χ4n) is 3.29. The molecule has 4 rings (SSSR count). The van der Waals surface area contributed by atoms with E-state index in [0.717, 1.165) is 0 Å². The number of alkyl carbamates (subject to hydrolysis) is 1. The van der Waals surface area contributed by atoms with Gasteiger partial charge in [0.1, 0.15) is 35.9 Å². The number of rotatable bonds is 3. The number of cyclic esters (lactones) is 1. The number of carbonyl (C=O) groups is 2. The second-order valence-electron chi connectivity index (χ2n) is 6.97. The van der Waals surface area contributed by atoms with Gasteiger partial charge in [-0.3, -0.25) is 0 Å². The Kier molecular flexibility index (Phi) is 3.70. The van der Waals surface area contributed by atoms with Crippen molar-refractivity contribution in [3.8, 4) is 5.75 Å². The Hall–Kier alpha value is -2.51. The number of ether oxygens (including phenoxy) is 3. The quantitative estimate of drug-likeness (QED) is 0.902. The highest BCUT2D eigenvalue weighted by molar-refractivity contribution is 5.74. The molecule has 1 N–H and O–H groups in total. The summed E-state index contributed by atoms with van der Waals surface area (Å²) in [6.45, 7) is 2.77. The summed E-state index contributed by atoms with van der Waals surface area (Å²) in [7, 11) is 0. The highest BCUT2D eigenvalue weighted by atomic mass is 19.1. The zero-order chi connectivity index (χ0) is 17.6. The number of hydrogen-bond acceptors (Lipinski definition) is 5. The van der Waals surface area contributed by atoms with Crippen molar-refractivity contribution in [2.24, 2.45) is 0 Å². The van der Waals surface area contributed by atoms with E-state index in [1.54, 1.807) is 24.0 Å². The molecular formula is C17H19FN2O5. The number of carbonyl (C=O) groups excluding carboxylic acids is 2. The largest absolute Gasteiger partial charge is 0.490 e. The Labute approximate surface area is 144 Å². The maximum atomic E-state index is 13.2. The lowest BCUT2D eigenvalue weighted by molar-refractivity contribution is -0.0500. The Morgan fingerprint density at radius 2 is 2.12 bits per heavy atom. The number of aryl methyl sites for hydroxylation is 1. The minimum atomic E-state index is -0.443. The van der Waals surface area contributed by atoms with Crippen LogP contribution in [0.4, 0.5) is 14.0 Å². The Balaban J connectivity index is 1.19. The van der Waals surface area contributed by atoms with Crippen LogP contribution in [-0.2, 0) is 9.47 Å². The van der Waals surface area contributed by atoms with Crippen molar-refractivity contribution in [1.82, 2.24) is 10.2 Å². The third kappa shape index (κ3) is 3.08. The van der Waals surface area contributed by atoms with Crippen LogP contribution in [0, 0.1) is 12.7 Å². The third-order valence-corrected chi connectivity index (χ3v) is 4.84. The van der Waals surface area contributed by atoms with Gasteiger partial charge in [-0.25, -0.2) is 14.0 Å². The van der Waals surface area contributed by atoms with E-state index in [2.05, 4.69) is 5.32 Å². The normalized spacial score (nSPS) is 26.3. The molecule has 1 aromatic carbocycles. The van der Waals surface area contributed by atoms with Gasteiger partial charge >= 0.3 is 12.2 Å². The smallest absolute Gasteiger partial charge is 0.410 e. The van der Waals surface area contributed by atoms with Gasteiger partial charge in [-0.2, -0.15) is 0 Å². The van der Waals surface area contributed by atoms with Crippen LogP contribution in [0.1, 0.15) is 18.4 Å². The van der Waals surface area contributed by atoms with Gasteiger partial charge in [-0.15, -0.1) is 0 Å². The van der Waals surface area contributed by atoms with Crippen LogP contribution in [0.3, 0.4) is 0 Å². The van der Waals surface area contributed by atoms with Gasteiger partial charge in [0.05, 0.1) is 13.1 Å². The van der Waals surface area contributed by atoms with Crippen LogP contribution in [0.5, 0.6) is 5.75 Å². The first-order valence-electron chi connectivity index (χ1n) is 8.26. The van der Waals surface area contributed by atoms with E-state index in [4.69, 9.17) is 14.2 Å². The van der Waals surface area contributed by atoms with E-state index >= 15 is 0 Å². The molecule has 3 aliphatic rings. The van der Waals surface area contributed by atoms with Gasteiger partial charge in [0, 0.05) is 12.8 Å². The molecule has 0 aromatic heterocycles. The van der Waals surface area contributed by atoms with Gasteiger partial charge in [0.25, 0.3) is 0 Å². The van der Waals surface area contributed by atoms with Gasteiger partial charge in [0.2, 0.25) is 0 Å². The van der Waals surface area contributed by atoms with Gasteiger partial charge < -0.3 is 24.4 Å². The molecule has 25 heavy (non-hydrogen) atoms. The standard InChI is InChI=1S/C17H19FN2O5/c1-10-4-11(2-3-14(10)18)24-12-5-13(6-12)25-16(22)20-7-17(8-20)9-23-15(21)19-17/h2-4,12-13H,5-9H2,1H3,(H,19,21). The van der Waals surface area contributed by atoms with Crippen molar-refractivity contribution < 1.29 is 28.2 Å². The van der Waals surface area contributed by atoms with E-state index in [1.165, 1.54) is 6.07 Å². The molecule has 2 amide bonds. The number of amides is 2. The highest BCUT2D eigenvalue weighted by Crippen LogP contribution is 2.31. The minimum Gasteiger partial charge on any atom is -0.490 e. The summed E-state index contributed by atoms with van der Waals surface area (Å²) in [6.07, 6.45) is 0.191. The molecule has 1 aromatic rings. The molecule has 3 fully saturated rings. The van der Waals surface area contributed by atoms with Crippen molar-refractivity contribution in [2.75, 3.05) is 19.7 Å². The summed E-state index contributed by atoms with van der Waals surface area (Å²) in [5, 5.41) is 2.72. The fourth-order valence-corrected chi connectivity index (χ4v) is 3.29. The number of benzene rings is 1. The summed E-state index contributed by atoms with van der Waals surface area (Å²) < 4.78 is 29.3. The van der Waals surface area contributed by atoms with Gasteiger partial charge in [-0.05, 0) is 30.7 Å². The molecule has 1 spiro atoms.